The molecule has 126 valence electrons. The molecule has 0 aliphatic heterocycles. The van der Waals surface area contributed by atoms with Crippen molar-refractivity contribution in [2.24, 2.45) is 0 Å². The molecule has 1 rings (SSSR count). The molecule has 1 aromatic rings. The van der Waals surface area contributed by atoms with Crippen molar-refractivity contribution in [2.45, 2.75) is 38.8 Å². The van der Waals surface area contributed by atoms with Gasteiger partial charge in [-0.05, 0) is 24.1 Å². The van der Waals surface area contributed by atoms with E-state index in [-0.39, 0.29) is 6.42 Å². The van der Waals surface area contributed by atoms with Crippen molar-refractivity contribution in [3.05, 3.63) is 35.6 Å². The maximum Gasteiger partial charge on any atom is 0.328 e. The zero-order chi connectivity index (χ0) is 17.4. The molecule has 0 bridgehead atoms. The first-order valence-electron chi connectivity index (χ1n) is 7.27. The Morgan fingerprint density at radius 2 is 1.91 bits per heavy atom. The lowest BCUT2D eigenvalue weighted by molar-refractivity contribution is -0.145. The second-order valence-electron chi connectivity index (χ2n) is 5.08. The molecular weight excluding hydrogens is 303 g/mol. The third kappa shape index (κ3) is 6.06. The van der Waals surface area contributed by atoms with Crippen LogP contribution in [0.4, 0.5) is 4.39 Å². The number of amides is 2. The number of benzene rings is 1. The molecule has 6 nitrogen and oxygen atoms in total. The fourth-order valence-electron chi connectivity index (χ4n) is 2.10. The highest BCUT2D eigenvalue weighted by molar-refractivity contribution is 5.90. The predicted octanol–water partition coefficient (Wildman–Crippen LogP) is 0.941. The predicted molar refractivity (Wildman–Crippen MR) is 81.9 cm³/mol. The van der Waals surface area contributed by atoms with Gasteiger partial charge in [0.2, 0.25) is 11.8 Å². The highest BCUT2D eigenvalue weighted by atomic mass is 19.1. The van der Waals surface area contributed by atoms with E-state index in [9.17, 15) is 18.8 Å². The van der Waals surface area contributed by atoms with E-state index >= 15 is 0 Å². The molecule has 7 heteroatoms. The molecule has 0 heterocycles. The Bertz CT molecular complexity index is 577. The number of ether oxygens (including phenoxy) is 1. The Kier molecular flexibility index (Phi) is 7.18. The summed E-state index contributed by atoms with van der Waals surface area (Å²) in [6.45, 7) is 3.01. The Morgan fingerprint density at radius 1 is 1.22 bits per heavy atom. The van der Waals surface area contributed by atoms with Crippen LogP contribution in [0.15, 0.2) is 24.3 Å². The molecule has 0 unspecified atom stereocenters. The third-order valence-electron chi connectivity index (χ3n) is 3.23. The Balaban J connectivity index is 2.85. The van der Waals surface area contributed by atoms with Gasteiger partial charge in [-0.15, -0.1) is 0 Å². The van der Waals surface area contributed by atoms with Gasteiger partial charge < -0.3 is 15.4 Å². The largest absolute Gasteiger partial charge is 0.467 e. The van der Waals surface area contributed by atoms with Crippen LogP contribution in [0.3, 0.4) is 0 Å². The number of methoxy groups -OCH3 is 1. The standard InChI is InChI=1S/C16H21FN2O4/c1-4-13(16(22)23-3)19-15(21)14(18-10(2)20)9-11-6-5-7-12(17)8-11/h5-8,13-14H,4,9H2,1-3H3,(H,18,20)(H,19,21)/t13-,14-/m1/s1. The molecule has 0 saturated heterocycles. The number of hydrogen-bond acceptors (Lipinski definition) is 4. The lowest BCUT2D eigenvalue weighted by Crippen LogP contribution is -2.52. The number of carbonyl (C=O) groups is 3. The van der Waals surface area contributed by atoms with Crippen LogP contribution in [0, 0.1) is 5.82 Å². The van der Waals surface area contributed by atoms with Gasteiger partial charge in [0.05, 0.1) is 7.11 Å². The second kappa shape index (κ2) is 8.87. The van der Waals surface area contributed by atoms with Crippen LogP contribution in [0.5, 0.6) is 0 Å². The molecule has 0 radical (unpaired) electrons. The van der Waals surface area contributed by atoms with Crippen LogP contribution in [0.1, 0.15) is 25.8 Å². The maximum absolute atomic E-state index is 13.2. The SMILES string of the molecule is CC[C@@H](NC(=O)[C@@H](Cc1cccc(F)c1)NC(C)=O)C(=O)OC. The fraction of sp³-hybridized carbons (Fsp3) is 0.438. The molecule has 23 heavy (non-hydrogen) atoms. The van der Waals surface area contributed by atoms with Gasteiger partial charge in [-0.25, -0.2) is 9.18 Å². The van der Waals surface area contributed by atoms with Crippen molar-refractivity contribution >= 4 is 17.8 Å². The first kappa shape index (κ1) is 18.6. The summed E-state index contributed by atoms with van der Waals surface area (Å²) in [5, 5.41) is 5.04. The second-order valence-corrected chi connectivity index (χ2v) is 5.08. The van der Waals surface area contributed by atoms with Crippen LogP contribution in [-0.4, -0.2) is 37.0 Å². The Hall–Kier alpha value is -2.44. The van der Waals surface area contributed by atoms with Crippen molar-refractivity contribution in [3.8, 4) is 0 Å². The Morgan fingerprint density at radius 3 is 2.43 bits per heavy atom. The molecule has 2 amide bonds. The molecule has 0 aromatic heterocycles. The topological polar surface area (TPSA) is 84.5 Å². The molecule has 0 spiro atoms. The number of rotatable bonds is 7. The minimum Gasteiger partial charge on any atom is -0.467 e. The number of esters is 1. The van der Waals surface area contributed by atoms with Crippen molar-refractivity contribution in [3.63, 3.8) is 0 Å². The van der Waals surface area contributed by atoms with Gasteiger partial charge in [-0.3, -0.25) is 9.59 Å². The molecule has 0 saturated carbocycles. The number of hydrogen-bond donors (Lipinski definition) is 2. The monoisotopic (exact) mass is 324 g/mol. The summed E-state index contributed by atoms with van der Waals surface area (Å²) in [6.07, 6.45) is 0.464. The summed E-state index contributed by atoms with van der Waals surface area (Å²) in [7, 11) is 1.23. The quantitative estimate of drug-likeness (QED) is 0.731. The van der Waals surface area contributed by atoms with E-state index in [1.54, 1.807) is 13.0 Å². The van der Waals surface area contributed by atoms with Crippen molar-refractivity contribution in [2.75, 3.05) is 7.11 Å². The summed E-state index contributed by atoms with van der Waals surface area (Å²) in [6, 6.07) is 4.06. The lowest BCUT2D eigenvalue weighted by Gasteiger charge is -2.21. The van der Waals surface area contributed by atoms with Crippen molar-refractivity contribution in [1.29, 1.82) is 0 Å². The van der Waals surface area contributed by atoms with E-state index in [1.807, 2.05) is 0 Å². The minimum absolute atomic E-state index is 0.112. The van der Waals surface area contributed by atoms with Crippen LogP contribution < -0.4 is 10.6 Å². The number of nitrogens with one attached hydrogen (secondary N) is 2. The summed E-state index contributed by atoms with van der Waals surface area (Å²) >= 11 is 0. The molecule has 2 atom stereocenters. The molecule has 0 aliphatic carbocycles. The lowest BCUT2D eigenvalue weighted by atomic mass is 10.0. The molecular formula is C16H21FN2O4. The highest BCUT2D eigenvalue weighted by Gasteiger charge is 2.25. The van der Waals surface area contributed by atoms with Gasteiger partial charge in [-0.2, -0.15) is 0 Å². The van der Waals surface area contributed by atoms with E-state index in [0.29, 0.717) is 12.0 Å². The average molecular weight is 324 g/mol. The summed E-state index contributed by atoms with van der Waals surface area (Å²) in [4.78, 5) is 35.2. The fourth-order valence-corrected chi connectivity index (χ4v) is 2.10. The molecule has 0 aliphatic rings. The van der Waals surface area contributed by atoms with Crippen LogP contribution in [-0.2, 0) is 25.5 Å². The van der Waals surface area contributed by atoms with Gasteiger partial charge in [0.15, 0.2) is 0 Å². The van der Waals surface area contributed by atoms with E-state index < -0.39 is 35.7 Å². The first-order valence-corrected chi connectivity index (χ1v) is 7.27. The number of carbonyl (C=O) groups excluding carboxylic acids is 3. The van der Waals surface area contributed by atoms with Gasteiger partial charge >= 0.3 is 5.97 Å². The van der Waals surface area contributed by atoms with Gasteiger partial charge in [-0.1, -0.05) is 19.1 Å². The smallest absolute Gasteiger partial charge is 0.328 e. The molecule has 1 aromatic carbocycles. The molecule has 2 N–H and O–H groups in total. The van der Waals surface area contributed by atoms with Gasteiger partial charge in [0, 0.05) is 13.3 Å². The normalized spacial score (nSPS) is 12.9. The van der Waals surface area contributed by atoms with E-state index in [0.717, 1.165) is 0 Å². The minimum atomic E-state index is -0.909. The van der Waals surface area contributed by atoms with Crippen LogP contribution in [0.25, 0.3) is 0 Å². The summed E-state index contributed by atoms with van der Waals surface area (Å²) in [5.41, 5.74) is 0.560. The summed E-state index contributed by atoms with van der Waals surface area (Å²) in [5.74, 6) is -1.91. The maximum atomic E-state index is 13.2. The van der Waals surface area contributed by atoms with E-state index in [1.165, 1.54) is 32.2 Å². The van der Waals surface area contributed by atoms with Crippen molar-refractivity contribution < 1.29 is 23.5 Å². The molecule has 0 fully saturated rings. The van der Waals surface area contributed by atoms with Crippen LogP contribution >= 0.6 is 0 Å². The Labute approximate surface area is 134 Å². The zero-order valence-electron chi connectivity index (χ0n) is 13.4. The van der Waals surface area contributed by atoms with Gasteiger partial charge in [0.1, 0.15) is 17.9 Å². The first-order chi connectivity index (χ1) is 10.9. The van der Waals surface area contributed by atoms with Crippen LogP contribution in [0.2, 0.25) is 0 Å². The van der Waals surface area contributed by atoms with E-state index in [2.05, 4.69) is 15.4 Å². The zero-order valence-corrected chi connectivity index (χ0v) is 13.4. The average Bonchev–Trinajstić information content (AvgIpc) is 2.50. The van der Waals surface area contributed by atoms with Gasteiger partial charge in [0.25, 0.3) is 0 Å². The highest BCUT2D eigenvalue weighted by Crippen LogP contribution is 2.07. The third-order valence-corrected chi connectivity index (χ3v) is 3.23. The van der Waals surface area contributed by atoms with Crippen molar-refractivity contribution in [1.82, 2.24) is 10.6 Å². The van der Waals surface area contributed by atoms with E-state index in [4.69, 9.17) is 0 Å². The summed E-state index contributed by atoms with van der Waals surface area (Å²) < 4.78 is 17.9. The number of halogens is 1.